The molecule has 0 bridgehead atoms. The summed E-state index contributed by atoms with van der Waals surface area (Å²) in [6.45, 7) is 1.94. The van der Waals surface area contributed by atoms with Crippen LogP contribution in [0.5, 0.6) is 5.75 Å². The number of anilines is 1. The maximum Gasteiger partial charge on any atom is 0.329 e. The quantitative estimate of drug-likeness (QED) is 0.248. The van der Waals surface area contributed by atoms with E-state index in [1.54, 1.807) is 39.4 Å². The van der Waals surface area contributed by atoms with Crippen LogP contribution in [0, 0.1) is 5.82 Å². The summed E-state index contributed by atoms with van der Waals surface area (Å²) >= 11 is 0. The van der Waals surface area contributed by atoms with Crippen molar-refractivity contribution in [1.82, 2.24) is 29.0 Å². The molecule has 3 fully saturated rings. The van der Waals surface area contributed by atoms with Crippen LogP contribution in [0.15, 0.2) is 53.3 Å². The molecule has 0 spiro atoms. The number of nitrogens with one attached hydrogen (secondary N) is 2. The van der Waals surface area contributed by atoms with Crippen LogP contribution in [0.4, 0.5) is 10.1 Å². The highest BCUT2D eigenvalue weighted by Crippen LogP contribution is 2.40. The summed E-state index contributed by atoms with van der Waals surface area (Å²) in [5.74, 6) is -2.94. The Hall–Kier alpha value is -5.55. The van der Waals surface area contributed by atoms with Crippen molar-refractivity contribution in [2.75, 3.05) is 43.6 Å². The Morgan fingerprint density at radius 3 is 2.41 bits per heavy atom. The third kappa shape index (κ3) is 6.20. The Morgan fingerprint density at radius 1 is 0.944 bits per heavy atom. The Morgan fingerprint density at radius 2 is 1.72 bits per heavy atom. The van der Waals surface area contributed by atoms with E-state index in [9.17, 15) is 37.5 Å². The molecule has 3 aromatic carbocycles. The molecule has 0 radical (unpaired) electrons. The molecule has 1 atom stereocenters. The number of imidazole rings is 1. The van der Waals surface area contributed by atoms with Gasteiger partial charge in [-0.1, -0.05) is 24.3 Å². The van der Waals surface area contributed by atoms with E-state index in [0.29, 0.717) is 40.3 Å². The normalized spacial score (nSPS) is 21.1. The molecule has 282 valence electrons. The van der Waals surface area contributed by atoms with Crippen molar-refractivity contribution < 1.29 is 37.1 Å². The number of hydrogen-bond donors (Lipinski definition) is 3. The molecule has 0 saturated carbocycles. The summed E-state index contributed by atoms with van der Waals surface area (Å²) in [4.78, 5) is 66.4. The molecule has 4 aliphatic heterocycles. The maximum atomic E-state index is 15.8. The summed E-state index contributed by atoms with van der Waals surface area (Å²) in [7, 11) is -2.65. The number of aromatic nitrogens is 2. The van der Waals surface area contributed by atoms with E-state index in [4.69, 9.17) is 0 Å². The van der Waals surface area contributed by atoms with Gasteiger partial charge in [-0.05, 0) is 91.0 Å². The average Bonchev–Trinajstić information content (AvgIpc) is 3.56. The lowest BCUT2D eigenvalue weighted by Crippen LogP contribution is -2.44. The van der Waals surface area contributed by atoms with E-state index in [1.807, 2.05) is 24.3 Å². The zero-order chi connectivity index (χ0) is 38.1. The highest BCUT2D eigenvalue weighted by Gasteiger charge is 2.38. The van der Waals surface area contributed by atoms with Gasteiger partial charge in [0, 0.05) is 31.9 Å². The number of amides is 4. The van der Waals surface area contributed by atoms with E-state index in [1.165, 1.54) is 10.6 Å². The van der Waals surface area contributed by atoms with Crippen LogP contribution in [-0.4, -0.2) is 95.4 Å². The molecular formula is C37H38FN7O8S. The van der Waals surface area contributed by atoms with Crippen LogP contribution in [0.3, 0.4) is 0 Å². The number of aromatic hydroxyl groups is 1. The van der Waals surface area contributed by atoms with E-state index in [0.717, 1.165) is 42.6 Å². The fourth-order valence-corrected chi connectivity index (χ4v) is 9.31. The van der Waals surface area contributed by atoms with E-state index in [-0.39, 0.29) is 48.2 Å². The van der Waals surface area contributed by atoms with E-state index in [2.05, 4.69) is 10.2 Å². The molecule has 1 aromatic heterocycles. The van der Waals surface area contributed by atoms with Gasteiger partial charge in [-0.2, -0.15) is 8.42 Å². The first-order chi connectivity index (χ1) is 25.8. The number of imide groups is 1. The molecular weight excluding hydrogens is 722 g/mol. The van der Waals surface area contributed by atoms with Crippen LogP contribution in [0.25, 0.3) is 27.4 Å². The molecule has 17 heteroatoms. The van der Waals surface area contributed by atoms with Gasteiger partial charge < -0.3 is 10.0 Å². The van der Waals surface area contributed by atoms with Crippen molar-refractivity contribution >= 4 is 66.9 Å². The second-order valence-electron chi connectivity index (χ2n) is 14.3. The first-order valence-corrected chi connectivity index (χ1v) is 19.3. The number of carbonyl (C=O) groups excluding carboxylic acids is 4. The van der Waals surface area contributed by atoms with Gasteiger partial charge in [-0.3, -0.25) is 38.5 Å². The van der Waals surface area contributed by atoms with Crippen molar-refractivity contribution in [2.24, 2.45) is 7.05 Å². The summed E-state index contributed by atoms with van der Waals surface area (Å²) in [5.41, 5.74) is 3.18. The molecule has 15 nitrogen and oxygen atoms in total. The SMILES string of the molecule is Cn1c(=O)n(C2CCC(=O)NC2=O)c2ccc(C3CCN(CC(=O)N4CC=C(c5ccc6cc(O)c(N7CC(=O)NS7(=O)=O)c(F)c6c5)CC4)CC3)cc21. The predicted octanol–water partition coefficient (Wildman–Crippen LogP) is 1.99. The summed E-state index contributed by atoms with van der Waals surface area (Å²) < 4.78 is 45.8. The van der Waals surface area contributed by atoms with Gasteiger partial charge in [0.1, 0.15) is 24.0 Å². The van der Waals surface area contributed by atoms with Crippen LogP contribution >= 0.6 is 0 Å². The van der Waals surface area contributed by atoms with Crippen molar-refractivity contribution in [3.05, 3.63) is 76.0 Å². The van der Waals surface area contributed by atoms with Gasteiger partial charge in [0.15, 0.2) is 5.82 Å². The summed E-state index contributed by atoms with van der Waals surface area (Å²) in [6, 6.07) is 11.4. The van der Waals surface area contributed by atoms with Gasteiger partial charge in [-0.25, -0.2) is 18.2 Å². The highest BCUT2D eigenvalue weighted by molar-refractivity contribution is 7.92. The molecule has 3 N–H and O–H groups in total. The minimum atomic E-state index is -4.34. The molecule has 5 heterocycles. The molecule has 54 heavy (non-hydrogen) atoms. The topological polar surface area (TPSA) is 183 Å². The molecule has 8 rings (SSSR count). The largest absolute Gasteiger partial charge is 0.506 e. The van der Waals surface area contributed by atoms with Crippen LogP contribution in [0.2, 0.25) is 0 Å². The second kappa shape index (κ2) is 13.4. The number of phenolic OH excluding ortho intramolecular Hbond substituents is 1. The standard InChI is InChI=1S/C37H38FN7O8S/c1-41-29-17-24(4-5-27(29)45(37(41)51)28-6-7-31(47)39-36(28)50)21-8-12-42(13-9-21)20-33(49)43-14-10-22(11-15-43)23-2-3-25-18-30(46)35(34(38)26(25)16-23)44-19-32(48)40-54(44,52)53/h2-5,10,16-18,21,28,46H,6-9,11-15,19-20H2,1H3,(H,40,48)(H,39,47,50). The number of fused-ring (bicyclic) bond motifs is 2. The number of rotatable bonds is 6. The summed E-state index contributed by atoms with van der Waals surface area (Å²) in [6.07, 6.45) is 4.58. The van der Waals surface area contributed by atoms with Crippen LogP contribution < -0.4 is 20.0 Å². The number of piperidine rings is 2. The fraction of sp³-hybridized carbons (Fsp3) is 0.378. The molecule has 4 aliphatic rings. The first-order valence-electron chi connectivity index (χ1n) is 17.8. The van der Waals surface area contributed by atoms with Gasteiger partial charge in [0.2, 0.25) is 17.7 Å². The highest BCUT2D eigenvalue weighted by atomic mass is 32.2. The Labute approximate surface area is 308 Å². The Bertz CT molecular complexity index is 2480. The van der Waals surface area contributed by atoms with Crippen molar-refractivity contribution in [2.45, 2.75) is 44.1 Å². The maximum absolute atomic E-state index is 15.8. The number of halogens is 1. The minimum absolute atomic E-state index is 0.00890. The van der Waals surface area contributed by atoms with Gasteiger partial charge in [0.25, 0.3) is 5.91 Å². The number of nitrogens with zero attached hydrogens (tertiary/aromatic N) is 5. The van der Waals surface area contributed by atoms with Crippen LogP contribution in [-0.2, 0) is 36.4 Å². The zero-order valence-corrected chi connectivity index (χ0v) is 30.2. The number of aryl methyl sites for hydroxylation is 1. The Balaban J connectivity index is 0.899. The number of hydrogen-bond acceptors (Lipinski definition) is 9. The Kier molecular flexibility index (Phi) is 8.80. The monoisotopic (exact) mass is 759 g/mol. The van der Waals surface area contributed by atoms with E-state index >= 15 is 4.39 Å². The fourth-order valence-electron chi connectivity index (χ4n) is 8.15. The lowest BCUT2D eigenvalue weighted by molar-refractivity contribution is -0.136. The second-order valence-corrected chi connectivity index (χ2v) is 15.9. The van der Waals surface area contributed by atoms with Crippen molar-refractivity contribution in [1.29, 1.82) is 0 Å². The first kappa shape index (κ1) is 35.5. The predicted molar refractivity (Wildman–Crippen MR) is 196 cm³/mol. The third-order valence-electron chi connectivity index (χ3n) is 11.1. The minimum Gasteiger partial charge on any atom is -0.506 e. The smallest absolute Gasteiger partial charge is 0.329 e. The van der Waals surface area contributed by atoms with Crippen molar-refractivity contribution in [3.8, 4) is 5.75 Å². The average molecular weight is 760 g/mol. The molecule has 0 aliphatic carbocycles. The lowest BCUT2D eigenvalue weighted by Gasteiger charge is -2.34. The number of likely N-dealkylation sites (tertiary alicyclic amines) is 1. The summed E-state index contributed by atoms with van der Waals surface area (Å²) in [5, 5.41) is 13.3. The van der Waals surface area contributed by atoms with Crippen LogP contribution in [0.1, 0.15) is 55.2 Å². The number of carbonyl (C=O) groups is 4. The number of phenols is 1. The molecule has 4 amide bonds. The van der Waals surface area contributed by atoms with Crippen molar-refractivity contribution in [3.63, 3.8) is 0 Å². The van der Waals surface area contributed by atoms with E-state index < -0.39 is 51.9 Å². The lowest BCUT2D eigenvalue weighted by atomic mass is 9.89. The van der Waals surface area contributed by atoms with Gasteiger partial charge >= 0.3 is 15.9 Å². The molecule has 1 unspecified atom stereocenters. The molecule has 4 aromatic rings. The zero-order valence-electron chi connectivity index (χ0n) is 29.4. The van der Waals surface area contributed by atoms with Gasteiger partial charge in [-0.15, -0.1) is 0 Å². The molecule has 3 saturated heterocycles. The third-order valence-corrected chi connectivity index (χ3v) is 12.5. The van der Waals surface area contributed by atoms with Gasteiger partial charge in [0.05, 0.1) is 17.6 Å². The number of benzene rings is 3.